The van der Waals surface area contributed by atoms with Crippen molar-refractivity contribution in [3.8, 4) is 5.75 Å². The smallest absolute Gasteiger partial charge is 0.341 e. The Morgan fingerprint density at radius 3 is 2.64 bits per heavy atom. The van der Waals surface area contributed by atoms with Crippen molar-refractivity contribution in [3.63, 3.8) is 0 Å². The molecule has 2 aromatic carbocycles. The molecular formula is C20H21NO4. The predicted octanol–water partition coefficient (Wildman–Crippen LogP) is 3.22. The van der Waals surface area contributed by atoms with Crippen LogP contribution in [0.25, 0.3) is 0 Å². The summed E-state index contributed by atoms with van der Waals surface area (Å²) >= 11 is 0. The van der Waals surface area contributed by atoms with Crippen molar-refractivity contribution in [2.24, 2.45) is 0 Å². The van der Waals surface area contributed by atoms with Gasteiger partial charge in [-0.1, -0.05) is 42.8 Å². The number of carbonyl (C=O) groups excluding carboxylic acids is 1. The van der Waals surface area contributed by atoms with Crippen LogP contribution in [0.4, 0.5) is 0 Å². The number of hydrogen-bond acceptors (Lipinski definition) is 3. The van der Waals surface area contributed by atoms with E-state index in [9.17, 15) is 9.59 Å². The van der Waals surface area contributed by atoms with Gasteiger partial charge in [-0.25, -0.2) is 4.79 Å². The molecule has 0 heterocycles. The average molecular weight is 339 g/mol. The highest BCUT2D eigenvalue weighted by atomic mass is 16.5. The van der Waals surface area contributed by atoms with Crippen LogP contribution in [-0.4, -0.2) is 29.6 Å². The van der Waals surface area contributed by atoms with Crippen molar-refractivity contribution >= 4 is 11.9 Å². The maximum absolute atomic E-state index is 12.6. The summed E-state index contributed by atoms with van der Waals surface area (Å²) < 4.78 is 5.14. The molecule has 25 heavy (non-hydrogen) atoms. The number of nitrogens with one attached hydrogen (secondary N) is 1. The van der Waals surface area contributed by atoms with Crippen LogP contribution < -0.4 is 10.1 Å². The summed E-state index contributed by atoms with van der Waals surface area (Å²) in [6.45, 7) is -0.427. The summed E-state index contributed by atoms with van der Waals surface area (Å²) in [7, 11) is 0. The minimum absolute atomic E-state index is 0.110. The molecule has 1 aliphatic carbocycles. The van der Waals surface area contributed by atoms with Crippen LogP contribution in [0.3, 0.4) is 0 Å². The zero-order chi connectivity index (χ0) is 17.6. The highest BCUT2D eigenvalue weighted by molar-refractivity contribution is 5.94. The largest absolute Gasteiger partial charge is 0.482 e. The molecule has 1 amide bonds. The topological polar surface area (TPSA) is 75.6 Å². The Labute approximate surface area is 146 Å². The second-order valence-corrected chi connectivity index (χ2v) is 6.24. The Kier molecular flexibility index (Phi) is 5.33. The fourth-order valence-corrected chi connectivity index (χ4v) is 3.36. The van der Waals surface area contributed by atoms with E-state index >= 15 is 0 Å². The van der Waals surface area contributed by atoms with E-state index in [0.717, 1.165) is 19.3 Å². The minimum atomic E-state index is -1.05. The summed E-state index contributed by atoms with van der Waals surface area (Å²) in [4.78, 5) is 23.2. The summed E-state index contributed by atoms with van der Waals surface area (Å²) in [6, 6.07) is 17.0. The summed E-state index contributed by atoms with van der Waals surface area (Å²) in [5.41, 5.74) is 1.73. The molecule has 1 saturated carbocycles. The normalized spacial score (nSPS) is 19.4. The fraction of sp³-hybridized carbons (Fsp3) is 0.300. The summed E-state index contributed by atoms with van der Waals surface area (Å²) in [5, 5.41) is 11.8. The number of carboxylic acid groups (broad SMARTS) is 1. The average Bonchev–Trinajstić information content (AvgIpc) is 3.09. The van der Waals surface area contributed by atoms with Crippen molar-refractivity contribution < 1.29 is 19.4 Å². The van der Waals surface area contributed by atoms with Gasteiger partial charge in [0.05, 0.1) is 0 Å². The van der Waals surface area contributed by atoms with E-state index in [1.807, 2.05) is 18.2 Å². The van der Waals surface area contributed by atoms with Crippen LogP contribution in [0.1, 0.15) is 41.1 Å². The number of carboxylic acids is 1. The van der Waals surface area contributed by atoms with Crippen LogP contribution in [-0.2, 0) is 4.79 Å². The molecular weight excluding hydrogens is 318 g/mol. The minimum Gasteiger partial charge on any atom is -0.482 e. The van der Waals surface area contributed by atoms with Crippen LogP contribution in [0.5, 0.6) is 5.75 Å². The standard InChI is InChI=1S/C20H21NO4/c22-19(23)13-25-16-9-4-8-15(12-16)20(24)21-18-11-5-10-17(18)14-6-2-1-3-7-14/h1-4,6-9,12,17-18H,5,10-11,13H2,(H,21,24)(H,22,23)/t17-,18+/m0/s1. The first-order chi connectivity index (χ1) is 12.1. The first-order valence-corrected chi connectivity index (χ1v) is 8.44. The molecule has 0 aliphatic heterocycles. The van der Waals surface area contributed by atoms with Crippen LogP contribution in [0.2, 0.25) is 0 Å². The number of aliphatic carboxylic acids is 1. The van der Waals surface area contributed by atoms with Crippen LogP contribution in [0.15, 0.2) is 54.6 Å². The zero-order valence-electron chi connectivity index (χ0n) is 13.9. The van der Waals surface area contributed by atoms with Gasteiger partial charge in [0.2, 0.25) is 0 Å². The van der Waals surface area contributed by atoms with Gasteiger partial charge in [-0.05, 0) is 36.6 Å². The molecule has 2 atom stereocenters. The van der Waals surface area contributed by atoms with Gasteiger partial charge in [0.15, 0.2) is 6.61 Å². The fourth-order valence-electron chi connectivity index (χ4n) is 3.36. The Bertz CT molecular complexity index is 744. The number of rotatable bonds is 6. The predicted molar refractivity (Wildman–Crippen MR) is 93.9 cm³/mol. The van der Waals surface area contributed by atoms with Gasteiger partial charge in [0, 0.05) is 17.5 Å². The third-order valence-electron chi connectivity index (χ3n) is 4.52. The van der Waals surface area contributed by atoms with Gasteiger partial charge in [0.25, 0.3) is 5.91 Å². The number of hydrogen-bond donors (Lipinski definition) is 2. The third-order valence-corrected chi connectivity index (χ3v) is 4.52. The highest BCUT2D eigenvalue weighted by Gasteiger charge is 2.29. The summed E-state index contributed by atoms with van der Waals surface area (Å²) in [5.74, 6) is -0.502. The van der Waals surface area contributed by atoms with Crippen LogP contribution in [0, 0.1) is 0 Å². The first kappa shape index (κ1) is 17.0. The maximum atomic E-state index is 12.6. The monoisotopic (exact) mass is 339 g/mol. The van der Waals surface area contributed by atoms with E-state index in [-0.39, 0.29) is 11.9 Å². The number of ether oxygens (including phenoxy) is 1. The van der Waals surface area contributed by atoms with E-state index in [0.29, 0.717) is 17.2 Å². The van der Waals surface area contributed by atoms with Crippen molar-refractivity contribution in [2.75, 3.05) is 6.61 Å². The molecule has 130 valence electrons. The van der Waals surface area contributed by atoms with Gasteiger partial charge in [-0.2, -0.15) is 0 Å². The Balaban J connectivity index is 1.67. The lowest BCUT2D eigenvalue weighted by atomic mass is 9.94. The van der Waals surface area contributed by atoms with Crippen LogP contribution >= 0.6 is 0 Å². The van der Waals surface area contributed by atoms with E-state index in [4.69, 9.17) is 9.84 Å². The van der Waals surface area contributed by atoms with Gasteiger partial charge in [-0.15, -0.1) is 0 Å². The highest BCUT2D eigenvalue weighted by Crippen LogP contribution is 2.34. The Hall–Kier alpha value is -2.82. The van der Waals surface area contributed by atoms with Gasteiger partial charge >= 0.3 is 5.97 Å². The molecule has 1 fully saturated rings. The van der Waals surface area contributed by atoms with Crippen molar-refractivity contribution in [2.45, 2.75) is 31.2 Å². The maximum Gasteiger partial charge on any atom is 0.341 e. The van der Waals surface area contributed by atoms with E-state index in [1.165, 1.54) is 5.56 Å². The molecule has 0 unspecified atom stereocenters. The molecule has 3 rings (SSSR count). The van der Waals surface area contributed by atoms with E-state index < -0.39 is 12.6 Å². The molecule has 5 heteroatoms. The molecule has 0 aromatic heterocycles. The quantitative estimate of drug-likeness (QED) is 0.847. The molecule has 2 aromatic rings. The molecule has 5 nitrogen and oxygen atoms in total. The van der Waals surface area contributed by atoms with E-state index in [1.54, 1.807) is 24.3 Å². The van der Waals surface area contributed by atoms with Gasteiger partial charge in [0.1, 0.15) is 5.75 Å². The van der Waals surface area contributed by atoms with Crippen molar-refractivity contribution in [1.82, 2.24) is 5.32 Å². The molecule has 2 N–H and O–H groups in total. The van der Waals surface area contributed by atoms with E-state index in [2.05, 4.69) is 17.4 Å². The SMILES string of the molecule is O=C(O)COc1cccc(C(=O)N[C@@H]2CCC[C@H]2c2ccccc2)c1. The number of amides is 1. The van der Waals surface area contributed by atoms with Crippen molar-refractivity contribution in [3.05, 3.63) is 65.7 Å². The summed E-state index contributed by atoms with van der Waals surface area (Å²) in [6.07, 6.45) is 3.11. The molecule has 0 bridgehead atoms. The Morgan fingerprint density at radius 2 is 1.88 bits per heavy atom. The number of benzene rings is 2. The van der Waals surface area contributed by atoms with Gasteiger partial charge < -0.3 is 15.2 Å². The lowest BCUT2D eigenvalue weighted by Gasteiger charge is -2.21. The van der Waals surface area contributed by atoms with Crippen molar-refractivity contribution in [1.29, 1.82) is 0 Å². The zero-order valence-corrected chi connectivity index (χ0v) is 13.9. The molecule has 1 aliphatic rings. The number of carbonyl (C=O) groups is 2. The Morgan fingerprint density at radius 1 is 1.08 bits per heavy atom. The van der Waals surface area contributed by atoms with Gasteiger partial charge in [-0.3, -0.25) is 4.79 Å². The second kappa shape index (κ2) is 7.83. The lowest BCUT2D eigenvalue weighted by molar-refractivity contribution is -0.139. The molecule has 0 spiro atoms. The lowest BCUT2D eigenvalue weighted by Crippen LogP contribution is -2.36. The molecule has 0 saturated heterocycles. The first-order valence-electron chi connectivity index (χ1n) is 8.44. The molecule has 0 radical (unpaired) electrons. The third kappa shape index (κ3) is 4.38. The second-order valence-electron chi connectivity index (χ2n) is 6.24.